The third-order valence-electron chi connectivity index (χ3n) is 5.05. The molecule has 142 valence electrons. The number of benzene rings is 1. The third-order valence-corrected chi connectivity index (χ3v) is 5.05. The zero-order chi connectivity index (χ0) is 19.2. The average Bonchev–Trinajstić information content (AvgIpc) is 2.68. The number of amides is 1. The van der Waals surface area contributed by atoms with E-state index in [1.54, 1.807) is 6.20 Å². The lowest BCUT2D eigenvalue weighted by molar-refractivity contribution is -0.125. The van der Waals surface area contributed by atoms with Crippen molar-refractivity contribution in [3.05, 3.63) is 53.3 Å². The Balaban J connectivity index is 1.47. The van der Waals surface area contributed by atoms with Crippen LogP contribution >= 0.6 is 0 Å². The molecule has 6 heteroatoms. The lowest BCUT2D eigenvalue weighted by atomic mass is 9.96. The highest BCUT2D eigenvalue weighted by atomic mass is 16.2. The standard InChI is InChI=1S/C21H26N4O2/c1-15-19(16(2)26)14-23-21(24-15)25-12-9-18(10-13-25)20(27)22-11-8-17-6-4-3-5-7-17/h3-7,14,18H,8-13H2,1-2H3,(H,22,27). The van der Waals surface area contributed by atoms with Gasteiger partial charge in [0.2, 0.25) is 11.9 Å². The van der Waals surface area contributed by atoms with E-state index in [4.69, 9.17) is 0 Å². The number of carbonyl (C=O) groups is 2. The molecule has 0 unspecified atom stereocenters. The van der Waals surface area contributed by atoms with E-state index in [-0.39, 0.29) is 17.6 Å². The number of aromatic nitrogens is 2. The molecule has 1 saturated heterocycles. The van der Waals surface area contributed by atoms with E-state index < -0.39 is 0 Å². The van der Waals surface area contributed by atoms with Gasteiger partial charge in [-0.3, -0.25) is 9.59 Å². The van der Waals surface area contributed by atoms with E-state index in [0.717, 1.165) is 32.4 Å². The second kappa shape index (κ2) is 8.75. The van der Waals surface area contributed by atoms with Crippen LogP contribution in [0.2, 0.25) is 0 Å². The van der Waals surface area contributed by atoms with Crippen LogP contribution in [0.5, 0.6) is 0 Å². The summed E-state index contributed by atoms with van der Waals surface area (Å²) in [5.41, 5.74) is 2.49. The van der Waals surface area contributed by atoms with Crippen LogP contribution in [0.1, 0.15) is 41.4 Å². The first-order valence-corrected chi connectivity index (χ1v) is 9.45. The number of nitrogens with zero attached hydrogens (tertiary/aromatic N) is 3. The molecule has 0 bridgehead atoms. The Bertz CT molecular complexity index is 799. The van der Waals surface area contributed by atoms with E-state index in [0.29, 0.717) is 23.8 Å². The lowest BCUT2D eigenvalue weighted by Crippen LogP contribution is -2.41. The molecule has 6 nitrogen and oxygen atoms in total. The van der Waals surface area contributed by atoms with E-state index >= 15 is 0 Å². The Labute approximate surface area is 160 Å². The second-order valence-corrected chi connectivity index (χ2v) is 7.01. The summed E-state index contributed by atoms with van der Waals surface area (Å²) in [7, 11) is 0. The van der Waals surface area contributed by atoms with Gasteiger partial charge in [0, 0.05) is 31.7 Å². The number of nitrogens with one attached hydrogen (secondary N) is 1. The summed E-state index contributed by atoms with van der Waals surface area (Å²) in [6.45, 7) is 5.51. The van der Waals surface area contributed by atoms with E-state index in [9.17, 15) is 9.59 Å². The summed E-state index contributed by atoms with van der Waals surface area (Å²) in [5, 5.41) is 3.06. The molecule has 1 fully saturated rings. The predicted molar refractivity (Wildman–Crippen MR) is 105 cm³/mol. The molecule has 1 aromatic heterocycles. The van der Waals surface area contributed by atoms with Gasteiger partial charge in [-0.15, -0.1) is 0 Å². The van der Waals surface area contributed by atoms with Crippen molar-refractivity contribution >= 4 is 17.6 Å². The van der Waals surface area contributed by atoms with Gasteiger partial charge >= 0.3 is 0 Å². The Hall–Kier alpha value is -2.76. The van der Waals surface area contributed by atoms with Gasteiger partial charge in [0.05, 0.1) is 11.3 Å². The molecule has 0 atom stereocenters. The summed E-state index contributed by atoms with van der Waals surface area (Å²) >= 11 is 0. The van der Waals surface area contributed by atoms with Crippen molar-refractivity contribution in [3.8, 4) is 0 Å². The molecular formula is C21H26N4O2. The molecule has 27 heavy (non-hydrogen) atoms. The fourth-order valence-corrected chi connectivity index (χ4v) is 3.41. The van der Waals surface area contributed by atoms with Gasteiger partial charge in [-0.2, -0.15) is 0 Å². The predicted octanol–water partition coefficient (Wildman–Crippen LogP) is 2.56. The fourth-order valence-electron chi connectivity index (χ4n) is 3.41. The minimum absolute atomic E-state index is 0.0232. The van der Waals surface area contributed by atoms with Crippen molar-refractivity contribution in [1.29, 1.82) is 0 Å². The number of hydrogen-bond donors (Lipinski definition) is 1. The molecule has 1 N–H and O–H groups in total. The molecule has 1 amide bonds. The molecule has 0 radical (unpaired) electrons. The average molecular weight is 366 g/mol. The SMILES string of the molecule is CC(=O)c1cnc(N2CCC(C(=O)NCCc3ccccc3)CC2)nc1C. The molecule has 3 rings (SSSR count). The molecule has 0 spiro atoms. The lowest BCUT2D eigenvalue weighted by Gasteiger charge is -2.31. The summed E-state index contributed by atoms with van der Waals surface area (Å²) in [6, 6.07) is 10.2. The second-order valence-electron chi connectivity index (χ2n) is 7.01. The Kier molecular flexibility index (Phi) is 6.16. The molecule has 2 heterocycles. The zero-order valence-corrected chi connectivity index (χ0v) is 15.9. The molecule has 0 saturated carbocycles. The highest BCUT2D eigenvalue weighted by Crippen LogP contribution is 2.21. The molecule has 2 aromatic rings. The summed E-state index contributed by atoms with van der Waals surface area (Å²) in [6.07, 6.45) is 4.02. The Morgan fingerprint density at radius 2 is 1.89 bits per heavy atom. The number of rotatable bonds is 6. The van der Waals surface area contributed by atoms with Gasteiger partial charge in [-0.1, -0.05) is 30.3 Å². The quantitative estimate of drug-likeness (QED) is 0.795. The van der Waals surface area contributed by atoms with E-state index in [2.05, 4.69) is 32.3 Å². The topological polar surface area (TPSA) is 75.2 Å². The maximum absolute atomic E-state index is 12.4. The molecule has 1 aliphatic rings. The minimum atomic E-state index is -0.0232. The number of ketones is 1. The van der Waals surface area contributed by atoms with Crippen molar-refractivity contribution in [3.63, 3.8) is 0 Å². The zero-order valence-electron chi connectivity index (χ0n) is 15.9. The van der Waals surface area contributed by atoms with Gasteiger partial charge in [0.15, 0.2) is 5.78 Å². The molecular weight excluding hydrogens is 340 g/mol. The van der Waals surface area contributed by atoms with Gasteiger partial charge < -0.3 is 10.2 Å². The first-order chi connectivity index (χ1) is 13.0. The first kappa shape index (κ1) is 19.0. The van der Waals surface area contributed by atoms with E-state index in [1.165, 1.54) is 12.5 Å². The monoisotopic (exact) mass is 366 g/mol. The highest BCUT2D eigenvalue weighted by Gasteiger charge is 2.26. The Morgan fingerprint density at radius 3 is 2.52 bits per heavy atom. The van der Waals surface area contributed by atoms with Crippen molar-refractivity contribution < 1.29 is 9.59 Å². The van der Waals surface area contributed by atoms with Crippen molar-refractivity contribution in [2.45, 2.75) is 33.1 Å². The van der Waals surface area contributed by atoms with Crippen LogP contribution in [0.3, 0.4) is 0 Å². The van der Waals surface area contributed by atoms with Crippen molar-refractivity contribution in [1.82, 2.24) is 15.3 Å². The minimum Gasteiger partial charge on any atom is -0.356 e. The maximum Gasteiger partial charge on any atom is 0.225 e. The molecule has 1 aromatic carbocycles. The largest absolute Gasteiger partial charge is 0.356 e. The number of Topliss-reactive ketones (excluding diaryl/α,β-unsaturated/α-hetero) is 1. The van der Waals surface area contributed by atoms with Crippen LogP contribution in [0, 0.1) is 12.8 Å². The number of anilines is 1. The van der Waals surface area contributed by atoms with Gasteiger partial charge in [-0.25, -0.2) is 9.97 Å². The fraction of sp³-hybridized carbons (Fsp3) is 0.429. The van der Waals surface area contributed by atoms with E-state index in [1.807, 2.05) is 25.1 Å². The van der Waals surface area contributed by atoms with Crippen LogP contribution in [0.15, 0.2) is 36.5 Å². The van der Waals surface area contributed by atoms with Gasteiger partial charge in [0.1, 0.15) is 0 Å². The number of aryl methyl sites for hydroxylation is 1. The number of piperidine rings is 1. The Morgan fingerprint density at radius 1 is 1.19 bits per heavy atom. The van der Waals surface area contributed by atoms with Crippen LogP contribution in [0.25, 0.3) is 0 Å². The summed E-state index contributed by atoms with van der Waals surface area (Å²) in [5.74, 6) is 0.787. The van der Waals surface area contributed by atoms with Gasteiger partial charge in [-0.05, 0) is 38.7 Å². The van der Waals surface area contributed by atoms with Crippen molar-refractivity contribution in [2.75, 3.05) is 24.5 Å². The highest BCUT2D eigenvalue weighted by molar-refractivity contribution is 5.94. The smallest absolute Gasteiger partial charge is 0.225 e. The maximum atomic E-state index is 12.4. The van der Waals surface area contributed by atoms with Crippen LogP contribution in [-0.4, -0.2) is 41.3 Å². The van der Waals surface area contributed by atoms with Crippen LogP contribution < -0.4 is 10.2 Å². The number of carbonyl (C=O) groups excluding carboxylic acids is 2. The summed E-state index contributed by atoms with van der Waals surface area (Å²) in [4.78, 5) is 34.8. The van der Waals surface area contributed by atoms with Crippen LogP contribution in [-0.2, 0) is 11.2 Å². The van der Waals surface area contributed by atoms with Gasteiger partial charge in [0.25, 0.3) is 0 Å². The molecule has 0 aliphatic carbocycles. The van der Waals surface area contributed by atoms with Crippen molar-refractivity contribution in [2.24, 2.45) is 5.92 Å². The van der Waals surface area contributed by atoms with Crippen LogP contribution in [0.4, 0.5) is 5.95 Å². The first-order valence-electron chi connectivity index (χ1n) is 9.45. The molecule has 1 aliphatic heterocycles. The number of hydrogen-bond acceptors (Lipinski definition) is 5. The normalized spacial score (nSPS) is 14.8. The third kappa shape index (κ3) is 4.90. The summed E-state index contributed by atoms with van der Waals surface area (Å²) < 4.78 is 0.